The number of hydrogen-bond acceptors (Lipinski definition) is 2. The van der Waals surface area contributed by atoms with Crippen LogP contribution in [0.1, 0.15) is 38.1 Å². The van der Waals surface area contributed by atoms with Crippen molar-refractivity contribution in [1.82, 2.24) is 5.32 Å². The lowest BCUT2D eigenvalue weighted by molar-refractivity contribution is 0.0907. The second-order valence-electron chi connectivity index (χ2n) is 5.84. The van der Waals surface area contributed by atoms with Gasteiger partial charge >= 0.3 is 0 Å². The Morgan fingerprint density at radius 2 is 1.88 bits per heavy atom. The predicted molar refractivity (Wildman–Crippen MR) is 75.6 cm³/mol. The van der Waals surface area contributed by atoms with Crippen molar-refractivity contribution >= 4 is 25.2 Å². The Morgan fingerprint density at radius 3 is 2.35 bits per heavy atom. The van der Waals surface area contributed by atoms with E-state index in [4.69, 9.17) is 11.6 Å². The Morgan fingerprint density at radius 1 is 1.29 bits per heavy atom. The highest BCUT2D eigenvalue weighted by molar-refractivity contribution is 6.33. The van der Waals surface area contributed by atoms with Crippen LogP contribution < -0.4 is 5.32 Å². The Balaban J connectivity index is 2.96. The first kappa shape index (κ1) is 14.3. The number of nitrogens with one attached hydrogen (secondary N) is 1. The quantitative estimate of drug-likeness (QED) is 0.659. The van der Waals surface area contributed by atoms with Crippen molar-refractivity contribution < 1.29 is 4.79 Å². The second kappa shape index (κ2) is 4.83. The fourth-order valence-corrected chi connectivity index (χ4v) is 2.18. The van der Waals surface area contributed by atoms with Crippen LogP contribution in [0.2, 0.25) is 5.02 Å². The summed E-state index contributed by atoms with van der Waals surface area (Å²) in [5.74, 6) is 0.0509. The van der Waals surface area contributed by atoms with Crippen molar-refractivity contribution in [2.45, 2.75) is 38.7 Å². The number of hydrogen-bond donors (Lipinski definition) is 1. The number of ketones is 1. The maximum absolute atomic E-state index is 12.4. The van der Waals surface area contributed by atoms with Gasteiger partial charge in [0.1, 0.15) is 7.85 Å². The van der Waals surface area contributed by atoms with Gasteiger partial charge < -0.3 is 5.32 Å². The average Bonchev–Trinajstić information content (AvgIpc) is 2.12. The minimum absolute atomic E-state index is 0.0509. The summed E-state index contributed by atoms with van der Waals surface area (Å²) in [6, 6.07) is 7.06. The molecule has 17 heavy (non-hydrogen) atoms. The largest absolute Gasteiger partial charge is 0.307 e. The van der Waals surface area contributed by atoms with Gasteiger partial charge in [0, 0.05) is 21.6 Å². The highest BCUT2D eigenvalue weighted by Gasteiger charge is 2.31. The number of halogens is 1. The fraction of sp³-hybridized carbons (Fsp3) is 0.462. The molecule has 4 heteroatoms. The molecule has 1 rings (SSSR count). The molecule has 1 N–H and O–H groups in total. The molecule has 0 saturated carbocycles. The first-order valence-electron chi connectivity index (χ1n) is 5.71. The zero-order valence-electron chi connectivity index (χ0n) is 11.1. The number of rotatable bonds is 3. The molecule has 2 nitrogen and oxygen atoms in total. The maximum Gasteiger partial charge on any atom is 0.173 e. The zero-order valence-corrected chi connectivity index (χ0v) is 11.9. The molecule has 0 heterocycles. The van der Waals surface area contributed by atoms with Crippen LogP contribution in [0.4, 0.5) is 0 Å². The van der Waals surface area contributed by atoms with Gasteiger partial charge in [-0.25, -0.2) is 0 Å². The van der Waals surface area contributed by atoms with Crippen molar-refractivity contribution in [1.29, 1.82) is 0 Å². The van der Waals surface area contributed by atoms with Crippen molar-refractivity contribution in [3.8, 4) is 0 Å². The molecule has 0 fully saturated rings. The number of benzene rings is 1. The summed E-state index contributed by atoms with van der Waals surface area (Å²) in [5.41, 5.74) is -0.0834. The zero-order chi connectivity index (χ0) is 13.3. The van der Waals surface area contributed by atoms with Crippen LogP contribution in [0.5, 0.6) is 0 Å². The Bertz CT molecular complexity index is 424. The van der Waals surface area contributed by atoms with Gasteiger partial charge in [0.05, 0.1) is 0 Å². The first-order chi connectivity index (χ1) is 7.62. The third-order valence-electron chi connectivity index (χ3n) is 2.34. The summed E-state index contributed by atoms with van der Waals surface area (Å²) in [6.07, 6.45) is 0. The summed E-state index contributed by atoms with van der Waals surface area (Å²) < 4.78 is 0. The van der Waals surface area contributed by atoms with Crippen LogP contribution in [-0.4, -0.2) is 24.6 Å². The third kappa shape index (κ3) is 4.17. The molecule has 1 atom stereocenters. The molecule has 0 aromatic heterocycles. The molecule has 0 aliphatic rings. The van der Waals surface area contributed by atoms with Gasteiger partial charge in [-0.05, 0) is 39.8 Å². The molecule has 0 amide bonds. The lowest BCUT2D eigenvalue weighted by Gasteiger charge is -2.34. The first-order valence-corrected chi connectivity index (χ1v) is 6.09. The monoisotopic (exact) mass is 251 g/mol. The van der Waals surface area contributed by atoms with Crippen LogP contribution >= 0.6 is 11.6 Å². The molecule has 92 valence electrons. The highest BCUT2D eigenvalue weighted by Crippen LogP contribution is 2.17. The van der Waals surface area contributed by atoms with Gasteiger partial charge in [-0.1, -0.05) is 23.7 Å². The molecular formula is C13H19BClNO. The molecular weight excluding hydrogens is 232 g/mol. The molecule has 0 aliphatic heterocycles. The van der Waals surface area contributed by atoms with E-state index in [0.717, 1.165) is 0 Å². The Hall–Kier alpha value is -0.795. The van der Waals surface area contributed by atoms with Crippen molar-refractivity contribution in [3.05, 3.63) is 34.9 Å². The molecule has 1 aromatic carbocycles. The van der Waals surface area contributed by atoms with E-state index in [1.165, 1.54) is 0 Å². The van der Waals surface area contributed by atoms with Crippen molar-refractivity contribution in [2.75, 3.05) is 0 Å². The van der Waals surface area contributed by atoms with Crippen molar-refractivity contribution in [3.63, 3.8) is 0 Å². The second-order valence-corrected chi connectivity index (χ2v) is 6.28. The summed E-state index contributed by atoms with van der Waals surface area (Å²) in [5, 5.41) is 3.91. The van der Waals surface area contributed by atoms with Crippen LogP contribution in [0.15, 0.2) is 24.3 Å². The number of carbonyl (C=O) groups is 1. The summed E-state index contributed by atoms with van der Waals surface area (Å²) in [7, 11) is 1.89. The van der Waals surface area contributed by atoms with E-state index < -0.39 is 5.44 Å². The minimum Gasteiger partial charge on any atom is -0.307 e. The third-order valence-corrected chi connectivity index (χ3v) is 2.58. The minimum atomic E-state index is -0.608. The highest BCUT2D eigenvalue weighted by atomic mass is 35.5. The van der Waals surface area contributed by atoms with E-state index in [-0.39, 0.29) is 11.3 Å². The predicted octanol–water partition coefficient (Wildman–Crippen LogP) is 2.26. The molecule has 0 spiro atoms. The van der Waals surface area contributed by atoms with E-state index in [9.17, 15) is 4.79 Å². The molecule has 0 unspecified atom stereocenters. The van der Waals surface area contributed by atoms with Gasteiger partial charge in [0.2, 0.25) is 0 Å². The summed E-state index contributed by atoms with van der Waals surface area (Å²) in [4.78, 5) is 12.4. The van der Waals surface area contributed by atoms with E-state index in [0.29, 0.717) is 10.6 Å². The van der Waals surface area contributed by atoms with Crippen molar-refractivity contribution in [2.24, 2.45) is 0 Å². The maximum atomic E-state index is 12.4. The molecule has 1 aromatic rings. The van der Waals surface area contributed by atoms with Crippen LogP contribution in [0, 0.1) is 0 Å². The van der Waals surface area contributed by atoms with Gasteiger partial charge in [-0.15, -0.1) is 0 Å². The van der Waals surface area contributed by atoms with Gasteiger partial charge in [0.25, 0.3) is 0 Å². The SMILES string of the molecule is B[C@@](C)(NC(C)(C)C)C(=O)c1cccc(Cl)c1. The topological polar surface area (TPSA) is 29.1 Å². The van der Waals surface area contributed by atoms with Gasteiger partial charge in [-0.3, -0.25) is 4.79 Å². The van der Waals surface area contributed by atoms with Crippen LogP contribution in [0.25, 0.3) is 0 Å². The number of Topliss-reactive ketones (excluding diaryl/α,β-unsaturated/α-hetero) is 1. The van der Waals surface area contributed by atoms with E-state index in [1.54, 1.807) is 24.3 Å². The molecule has 0 radical (unpaired) electrons. The van der Waals surface area contributed by atoms with Crippen LogP contribution in [-0.2, 0) is 0 Å². The fourth-order valence-electron chi connectivity index (χ4n) is 1.98. The van der Waals surface area contributed by atoms with E-state index in [1.807, 2.05) is 35.5 Å². The van der Waals surface area contributed by atoms with Crippen LogP contribution in [0.3, 0.4) is 0 Å². The molecule has 0 aliphatic carbocycles. The van der Waals surface area contributed by atoms with E-state index >= 15 is 0 Å². The lowest BCUT2D eigenvalue weighted by Crippen LogP contribution is -2.57. The summed E-state index contributed by atoms with van der Waals surface area (Å²) in [6.45, 7) is 8.02. The van der Waals surface area contributed by atoms with Gasteiger partial charge in [0.15, 0.2) is 5.78 Å². The smallest absolute Gasteiger partial charge is 0.173 e. The Labute approximate surface area is 109 Å². The standard InChI is InChI=1S/C13H19BClNO/c1-12(2,3)16-13(4,14)11(17)9-6-5-7-10(15)8-9/h5-8,16H,14H2,1-4H3/t13-/m0/s1. The van der Waals surface area contributed by atoms with Gasteiger partial charge in [-0.2, -0.15) is 0 Å². The normalized spacial score (nSPS) is 15.4. The molecule has 0 bridgehead atoms. The molecule has 0 saturated heterocycles. The number of carbonyl (C=O) groups excluding carboxylic acids is 1. The average molecular weight is 252 g/mol. The summed E-state index contributed by atoms with van der Waals surface area (Å²) >= 11 is 5.90. The lowest BCUT2D eigenvalue weighted by atomic mass is 9.72. The van der Waals surface area contributed by atoms with E-state index in [2.05, 4.69) is 5.32 Å². The Kier molecular flexibility index (Phi) is 4.05.